The number of hydrogen-bond acceptors (Lipinski definition) is 0. The average molecular weight is 196 g/mol. The van der Waals surface area contributed by atoms with Crippen molar-refractivity contribution in [3.8, 4) is 0 Å². The number of hydrogen-bond donors (Lipinski definition) is 0. The first kappa shape index (κ1) is 15.9. The standard InChI is InChI=1S/C10H16.2C2H6/c1-4-9-6-8(3)10(5-2)7-9;2*1-2/h4-5,8-10H,1-2,6-7H2,3H3;2*1-2H3. The second-order valence-electron chi connectivity index (χ2n) is 3.34. The molecule has 0 aromatic carbocycles. The van der Waals surface area contributed by atoms with Crippen LogP contribution >= 0.6 is 0 Å². The quantitative estimate of drug-likeness (QED) is 0.541. The van der Waals surface area contributed by atoms with Gasteiger partial charge in [-0.1, -0.05) is 46.8 Å². The summed E-state index contributed by atoms with van der Waals surface area (Å²) in [5.41, 5.74) is 0. The van der Waals surface area contributed by atoms with E-state index in [0.29, 0.717) is 0 Å². The van der Waals surface area contributed by atoms with Crippen molar-refractivity contribution >= 4 is 0 Å². The van der Waals surface area contributed by atoms with Gasteiger partial charge in [0.15, 0.2) is 0 Å². The Bertz CT molecular complexity index is 135. The molecule has 0 aromatic rings. The molecule has 1 rings (SSSR count). The van der Waals surface area contributed by atoms with Crippen molar-refractivity contribution < 1.29 is 0 Å². The molecule has 1 saturated carbocycles. The van der Waals surface area contributed by atoms with Crippen molar-refractivity contribution in [1.29, 1.82) is 0 Å². The predicted molar refractivity (Wildman–Crippen MR) is 68.5 cm³/mol. The highest BCUT2D eigenvalue weighted by Crippen LogP contribution is 2.36. The van der Waals surface area contributed by atoms with Gasteiger partial charge in [-0.3, -0.25) is 0 Å². The molecule has 0 nitrogen and oxygen atoms in total. The first-order valence-electron chi connectivity index (χ1n) is 6.03. The Balaban J connectivity index is 0. The van der Waals surface area contributed by atoms with Crippen LogP contribution in [0.2, 0.25) is 0 Å². The van der Waals surface area contributed by atoms with Crippen LogP contribution in [0.5, 0.6) is 0 Å². The van der Waals surface area contributed by atoms with Crippen LogP contribution < -0.4 is 0 Å². The van der Waals surface area contributed by atoms with E-state index in [9.17, 15) is 0 Å². The summed E-state index contributed by atoms with van der Waals surface area (Å²) >= 11 is 0. The first-order chi connectivity index (χ1) is 6.77. The van der Waals surface area contributed by atoms with Gasteiger partial charge in [0.25, 0.3) is 0 Å². The van der Waals surface area contributed by atoms with E-state index >= 15 is 0 Å². The predicted octanol–water partition coefficient (Wildman–Crippen LogP) is 5.07. The zero-order chi connectivity index (χ0) is 11.6. The average Bonchev–Trinajstić information content (AvgIpc) is 2.65. The van der Waals surface area contributed by atoms with E-state index in [1.165, 1.54) is 12.8 Å². The van der Waals surface area contributed by atoms with Gasteiger partial charge in [-0.25, -0.2) is 0 Å². The molecule has 0 heterocycles. The van der Waals surface area contributed by atoms with Crippen LogP contribution in [-0.4, -0.2) is 0 Å². The minimum absolute atomic E-state index is 0.739. The minimum atomic E-state index is 0.739. The van der Waals surface area contributed by atoms with Crippen LogP contribution in [0.4, 0.5) is 0 Å². The fourth-order valence-corrected chi connectivity index (χ4v) is 1.85. The van der Waals surface area contributed by atoms with Gasteiger partial charge >= 0.3 is 0 Å². The Morgan fingerprint density at radius 1 is 0.929 bits per heavy atom. The summed E-state index contributed by atoms with van der Waals surface area (Å²) in [5, 5.41) is 0. The minimum Gasteiger partial charge on any atom is -0.103 e. The van der Waals surface area contributed by atoms with Crippen molar-refractivity contribution in [2.45, 2.75) is 47.5 Å². The molecule has 1 fully saturated rings. The third kappa shape index (κ3) is 5.26. The van der Waals surface area contributed by atoms with Gasteiger partial charge < -0.3 is 0 Å². The summed E-state index contributed by atoms with van der Waals surface area (Å²) in [6.45, 7) is 17.9. The topological polar surface area (TPSA) is 0 Å². The summed E-state index contributed by atoms with van der Waals surface area (Å²) in [6, 6.07) is 0. The SMILES string of the molecule is C=CC1CC(C)C(C=C)C1.CC.CC. The fourth-order valence-electron chi connectivity index (χ4n) is 1.85. The maximum Gasteiger partial charge on any atom is -0.0205 e. The second-order valence-corrected chi connectivity index (χ2v) is 3.34. The monoisotopic (exact) mass is 196 g/mol. The van der Waals surface area contributed by atoms with Gasteiger partial charge in [-0.2, -0.15) is 0 Å². The van der Waals surface area contributed by atoms with Gasteiger partial charge in [0.1, 0.15) is 0 Å². The summed E-state index contributed by atoms with van der Waals surface area (Å²) in [6.07, 6.45) is 6.75. The summed E-state index contributed by atoms with van der Waals surface area (Å²) in [5.74, 6) is 2.31. The largest absolute Gasteiger partial charge is 0.103 e. The Morgan fingerprint density at radius 3 is 1.64 bits per heavy atom. The first-order valence-corrected chi connectivity index (χ1v) is 6.03. The third-order valence-corrected chi connectivity index (χ3v) is 2.62. The van der Waals surface area contributed by atoms with Crippen LogP contribution in [0.1, 0.15) is 47.5 Å². The molecule has 0 saturated heterocycles. The van der Waals surface area contributed by atoms with Gasteiger partial charge in [-0.15, -0.1) is 13.2 Å². The highest BCUT2D eigenvalue weighted by Gasteiger charge is 2.26. The van der Waals surface area contributed by atoms with Crippen molar-refractivity contribution in [3.63, 3.8) is 0 Å². The molecule has 1 aliphatic rings. The molecule has 0 aromatic heterocycles. The zero-order valence-electron chi connectivity index (χ0n) is 10.7. The Morgan fingerprint density at radius 2 is 1.43 bits per heavy atom. The maximum absolute atomic E-state index is 3.83. The van der Waals surface area contributed by atoms with Gasteiger partial charge in [0, 0.05) is 0 Å². The molecular weight excluding hydrogens is 168 g/mol. The molecule has 0 spiro atoms. The summed E-state index contributed by atoms with van der Waals surface area (Å²) in [4.78, 5) is 0. The molecule has 0 N–H and O–H groups in total. The molecule has 0 aliphatic heterocycles. The normalized spacial score (nSPS) is 29.1. The summed E-state index contributed by atoms with van der Waals surface area (Å²) in [7, 11) is 0. The van der Waals surface area contributed by atoms with E-state index < -0.39 is 0 Å². The molecular formula is C14H28. The zero-order valence-corrected chi connectivity index (χ0v) is 10.7. The van der Waals surface area contributed by atoms with E-state index in [-0.39, 0.29) is 0 Å². The van der Waals surface area contributed by atoms with E-state index in [1.807, 2.05) is 27.7 Å². The molecule has 0 heteroatoms. The van der Waals surface area contributed by atoms with Crippen molar-refractivity contribution in [3.05, 3.63) is 25.3 Å². The molecule has 0 radical (unpaired) electrons. The highest BCUT2D eigenvalue weighted by molar-refractivity contribution is 4.96. The van der Waals surface area contributed by atoms with E-state index in [1.54, 1.807) is 0 Å². The molecule has 3 atom stereocenters. The van der Waals surface area contributed by atoms with E-state index in [2.05, 4.69) is 32.2 Å². The fraction of sp³-hybridized carbons (Fsp3) is 0.714. The summed E-state index contributed by atoms with van der Waals surface area (Å²) < 4.78 is 0. The van der Waals surface area contributed by atoms with Gasteiger partial charge in [0.2, 0.25) is 0 Å². The number of allylic oxidation sites excluding steroid dienone is 2. The molecule has 84 valence electrons. The molecule has 0 amide bonds. The van der Waals surface area contributed by atoms with Crippen LogP contribution in [0.25, 0.3) is 0 Å². The van der Waals surface area contributed by atoms with Crippen molar-refractivity contribution in [2.75, 3.05) is 0 Å². The molecule has 3 unspecified atom stereocenters. The van der Waals surface area contributed by atoms with E-state index in [0.717, 1.165) is 17.8 Å². The Hall–Kier alpha value is -0.520. The van der Waals surface area contributed by atoms with Gasteiger partial charge in [0.05, 0.1) is 0 Å². The smallest absolute Gasteiger partial charge is 0.0205 e. The Kier molecular flexibility index (Phi) is 12.0. The highest BCUT2D eigenvalue weighted by atomic mass is 14.3. The second kappa shape index (κ2) is 10.6. The lowest BCUT2D eigenvalue weighted by Crippen LogP contribution is -1.97. The van der Waals surface area contributed by atoms with E-state index in [4.69, 9.17) is 0 Å². The Labute approximate surface area is 91.1 Å². The maximum atomic E-state index is 3.83. The lowest BCUT2D eigenvalue weighted by Gasteiger charge is -2.06. The van der Waals surface area contributed by atoms with Crippen LogP contribution in [0.15, 0.2) is 25.3 Å². The lowest BCUT2D eigenvalue weighted by atomic mass is 9.99. The van der Waals surface area contributed by atoms with Crippen molar-refractivity contribution in [1.82, 2.24) is 0 Å². The van der Waals surface area contributed by atoms with Crippen LogP contribution in [0.3, 0.4) is 0 Å². The third-order valence-electron chi connectivity index (χ3n) is 2.62. The molecule has 0 bridgehead atoms. The number of rotatable bonds is 2. The lowest BCUT2D eigenvalue weighted by molar-refractivity contribution is 0.504. The van der Waals surface area contributed by atoms with Gasteiger partial charge in [-0.05, 0) is 30.6 Å². The molecule has 14 heavy (non-hydrogen) atoms. The van der Waals surface area contributed by atoms with Crippen LogP contribution in [-0.2, 0) is 0 Å². The molecule has 1 aliphatic carbocycles. The van der Waals surface area contributed by atoms with Crippen molar-refractivity contribution in [2.24, 2.45) is 17.8 Å². The van der Waals surface area contributed by atoms with Crippen LogP contribution in [0, 0.1) is 17.8 Å².